The number of benzene rings is 2. The quantitative estimate of drug-likeness (QED) is 0.527. The Balaban J connectivity index is 1.52. The molecule has 0 amide bonds. The first-order valence-electron chi connectivity index (χ1n) is 11.4. The molecule has 0 radical (unpaired) electrons. The predicted octanol–water partition coefficient (Wildman–Crippen LogP) is 5.39. The summed E-state index contributed by atoms with van der Waals surface area (Å²) >= 11 is 0.503. The first kappa shape index (κ1) is 21.8. The van der Waals surface area contributed by atoms with Gasteiger partial charge in [0, 0.05) is 0 Å². The van der Waals surface area contributed by atoms with Gasteiger partial charge >= 0.3 is 189 Å². The molecule has 3 heteroatoms. The number of hydrogen-bond acceptors (Lipinski definition) is 2. The van der Waals surface area contributed by atoms with Crippen LogP contribution in [0.25, 0.3) is 6.08 Å². The molecule has 160 valence electrons. The molecule has 2 aliphatic rings. The van der Waals surface area contributed by atoms with Gasteiger partial charge in [-0.2, -0.15) is 0 Å². The van der Waals surface area contributed by atoms with Crippen molar-refractivity contribution in [3.63, 3.8) is 0 Å². The Hall–Kier alpha value is -1.38. The van der Waals surface area contributed by atoms with E-state index in [0.717, 1.165) is 12.5 Å². The molecule has 1 aliphatic heterocycles. The van der Waals surface area contributed by atoms with E-state index in [9.17, 15) is 0 Å². The van der Waals surface area contributed by atoms with Crippen LogP contribution in [0.1, 0.15) is 45.6 Å². The maximum absolute atomic E-state index is 6.78. The fourth-order valence-corrected chi connectivity index (χ4v) is 7.01. The van der Waals surface area contributed by atoms with Gasteiger partial charge in [-0.05, 0) is 0 Å². The van der Waals surface area contributed by atoms with Crippen LogP contribution < -0.4 is 4.46 Å². The Labute approximate surface area is 188 Å². The van der Waals surface area contributed by atoms with Gasteiger partial charge in [0.2, 0.25) is 0 Å². The van der Waals surface area contributed by atoms with Crippen molar-refractivity contribution < 1.29 is 4.74 Å². The molecule has 2 nitrogen and oxygen atoms in total. The molecule has 2 aromatic carbocycles. The van der Waals surface area contributed by atoms with Gasteiger partial charge in [0.25, 0.3) is 0 Å². The molecule has 0 bridgehead atoms. The molecule has 0 aromatic heterocycles. The summed E-state index contributed by atoms with van der Waals surface area (Å²) in [5.41, 5.74) is 1.40. The second-order valence-corrected chi connectivity index (χ2v) is 11.8. The number of rotatable bonds is 6. The summed E-state index contributed by atoms with van der Waals surface area (Å²) in [6.45, 7) is 8.39. The summed E-state index contributed by atoms with van der Waals surface area (Å²) in [6.07, 6.45) is 8.79. The summed E-state index contributed by atoms with van der Waals surface area (Å²) in [5.74, 6) is 1.40. The van der Waals surface area contributed by atoms with Crippen LogP contribution in [-0.4, -0.2) is 44.3 Å². The van der Waals surface area contributed by atoms with Crippen LogP contribution in [0.2, 0.25) is 5.32 Å². The average molecular weight is 469 g/mol. The van der Waals surface area contributed by atoms with Gasteiger partial charge < -0.3 is 0 Å². The van der Waals surface area contributed by atoms with E-state index in [1.54, 1.807) is 0 Å². The second kappa shape index (κ2) is 9.83. The molecule has 1 saturated heterocycles. The fourth-order valence-electron chi connectivity index (χ4n) is 5.18. The van der Waals surface area contributed by atoms with Crippen molar-refractivity contribution in [1.29, 1.82) is 0 Å². The van der Waals surface area contributed by atoms with Gasteiger partial charge in [0.15, 0.2) is 0 Å². The van der Waals surface area contributed by atoms with E-state index >= 15 is 0 Å². The minimum atomic E-state index is 0.0540. The normalized spacial score (nSPS) is 29.0. The molecule has 2 aromatic rings. The summed E-state index contributed by atoms with van der Waals surface area (Å²) in [7, 11) is 0. The zero-order valence-corrected chi connectivity index (χ0v) is 20.2. The first-order valence-corrected chi connectivity index (χ1v) is 13.4. The van der Waals surface area contributed by atoms with Crippen LogP contribution in [0.5, 0.6) is 0 Å². The molecular weight excluding hydrogens is 433 g/mol. The molecular formula is C27H35NOSe. The zero-order chi connectivity index (χ0) is 21.0. The molecule has 4 atom stereocenters. The Kier molecular flexibility index (Phi) is 7.16. The van der Waals surface area contributed by atoms with Crippen LogP contribution in [0.15, 0.2) is 66.7 Å². The molecule has 0 unspecified atom stereocenters. The van der Waals surface area contributed by atoms with E-state index < -0.39 is 0 Å². The van der Waals surface area contributed by atoms with Crippen molar-refractivity contribution in [3.05, 3.63) is 72.3 Å². The Morgan fingerprint density at radius 2 is 1.73 bits per heavy atom. The van der Waals surface area contributed by atoms with Crippen LogP contribution in [0.3, 0.4) is 0 Å². The number of fused-ring (bicyclic) bond motifs is 1. The molecule has 1 saturated carbocycles. The van der Waals surface area contributed by atoms with E-state index in [1.807, 2.05) is 0 Å². The third-order valence-corrected chi connectivity index (χ3v) is 9.00. The molecule has 0 N–H and O–H groups in total. The SMILES string of the molecule is C[C@@H]1CC[C@@H]2[C@@H](C1)O[C@@H](/C=C/c1ccccc1)N(CC[Se]c1ccccc1)C2(C)C. The molecule has 0 spiro atoms. The summed E-state index contributed by atoms with van der Waals surface area (Å²) in [5, 5.41) is 1.22. The van der Waals surface area contributed by atoms with Crippen molar-refractivity contribution in [2.24, 2.45) is 11.8 Å². The van der Waals surface area contributed by atoms with Gasteiger partial charge in [-0.1, -0.05) is 0 Å². The summed E-state index contributed by atoms with van der Waals surface area (Å²) < 4.78 is 8.27. The molecule has 1 aliphatic carbocycles. The van der Waals surface area contributed by atoms with Crippen molar-refractivity contribution in [1.82, 2.24) is 4.90 Å². The molecule has 4 rings (SSSR count). The Morgan fingerprint density at radius 3 is 2.47 bits per heavy atom. The van der Waals surface area contributed by atoms with Crippen molar-refractivity contribution in [2.75, 3.05) is 6.54 Å². The number of hydrogen-bond donors (Lipinski definition) is 0. The van der Waals surface area contributed by atoms with Gasteiger partial charge in [-0.15, -0.1) is 0 Å². The fraction of sp³-hybridized carbons (Fsp3) is 0.481. The van der Waals surface area contributed by atoms with Crippen molar-refractivity contribution >= 4 is 25.5 Å². The average Bonchev–Trinajstić information content (AvgIpc) is 2.75. The maximum atomic E-state index is 6.78. The van der Waals surface area contributed by atoms with E-state index in [0.29, 0.717) is 27.0 Å². The van der Waals surface area contributed by atoms with Crippen LogP contribution in [0.4, 0.5) is 0 Å². The zero-order valence-electron chi connectivity index (χ0n) is 18.5. The van der Waals surface area contributed by atoms with E-state index in [-0.39, 0.29) is 11.8 Å². The number of ether oxygens (including phenoxy) is 1. The van der Waals surface area contributed by atoms with Crippen LogP contribution >= 0.6 is 0 Å². The van der Waals surface area contributed by atoms with Crippen molar-refractivity contribution in [2.45, 2.75) is 63.2 Å². The van der Waals surface area contributed by atoms with Crippen LogP contribution in [0, 0.1) is 11.8 Å². The van der Waals surface area contributed by atoms with E-state index in [2.05, 4.69) is 98.5 Å². The van der Waals surface area contributed by atoms with Gasteiger partial charge in [-0.3, -0.25) is 0 Å². The third-order valence-electron chi connectivity index (χ3n) is 6.92. The Morgan fingerprint density at radius 1 is 1.03 bits per heavy atom. The molecule has 1 heterocycles. The topological polar surface area (TPSA) is 12.5 Å². The summed E-state index contributed by atoms with van der Waals surface area (Å²) in [4.78, 5) is 2.65. The third kappa shape index (κ3) is 5.08. The molecule has 30 heavy (non-hydrogen) atoms. The second-order valence-electron chi connectivity index (χ2n) is 9.37. The number of nitrogens with zero attached hydrogens (tertiary/aromatic N) is 1. The first-order chi connectivity index (χ1) is 14.5. The minimum absolute atomic E-state index is 0.0540. The van der Waals surface area contributed by atoms with Gasteiger partial charge in [-0.25, -0.2) is 0 Å². The van der Waals surface area contributed by atoms with Gasteiger partial charge in [0.05, 0.1) is 0 Å². The van der Waals surface area contributed by atoms with E-state index in [1.165, 1.54) is 34.6 Å². The van der Waals surface area contributed by atoms with E-state index in [4.69, 9.17) is 4.74 Å². The Bertz CT molecular complexity index is 819. The van der Waals surface area contributed by atoms with Crippen LogP contribution in [-0.2, 0) is 4.74 Å². The monoisotopic (exact) mass is 469 g/mol. The standard InChI is InChI=1S/C27H35NOSe/c1-21-14-16-24-25(20-21)29-26(17-15-22-10-6-4-7-11-22)28(27(24,2)3)18-19-30-23-12-8-5-9-13-23/h4-13,15,17,21,24-26H,14,16,18-20H2,1-3H3/b17-15+/t21-,24-,25-,26+/m1/s1. The molecule has 2 fully saturated rings. The summed E-state index contributed by atoms with van der Waals surface area (Å²) in [6, 6.07) is 21.6. The van der Waals surface area contributed by atoms with Gasteiger partial charge in [0.1, 0.15) is 0 Å². The van der Waals surface area contributed by atoms with Crippen molar-refractivity contribution in [3.8, 4) is 0 Å². The predicted molar refractivity (Wildman–Crippen MR) is 128 cm³/mol.